The quantitative estimate of drug-likeness (QED) is 0.529. The molecule has 7 nitrogen and oxygen atoms in total. The fourth-order valence-corrected chi connectivity index (χ4v) is 1.02. The van der Waals surface area contributed by atoms with Gasteiger partial charge in [0.15, 0.2) is 11.9 Å². The van der Waals surface area contributed by atoms with Crippen molar-refractivity contribution < 1.29 is 34.4 Å². The summed E-state index contributed by atoms with van der Waals surface area (Å²) in [6.07, 6.45) is -2.81. The van der Waals surface area contributed by atoms with Gasteiger partial charge < -0.3 is 24.8 Å². The maximum Gasteiger partial charge on any atom is 0.377 e. The van der Waals surface area contributed by atoms with E-state index in [0.29, 0.717) is 0 Å². The van der Waals surface area contributed by atoms with Crippen LogP contribution in [-0.4, -0.2) is 46.1 Å². The Morgan fingerprint density at radius 1 is 1.60 bits per heavy atom. The number of esters is 2. The largest absolute Gasteiger partial charge is 0.505 e. The van der Waals surface area contributed by atoms with Crippen LogP contribution in [-0.2, 0) is 19.1 Å². The van der Waals surface area contributed by atoms with Gasteiger partial charge in [0.25, 0.3) is 0 Å². The van der Waals surface area contributed by atoms with Crippen molar-refractivity contribution in [1.82, 2.24) is 0 Å². The predicted octanol–water partition coefficient (Wildman–Crippen LogP) is -0.837. The number of ether oxygens (including phenoxy) is 2. The molecule has 0 aliphatic carbocycles. The zero-order valence-electron chi connectivity index (χ0n) is 7.84. The Kier molecular flexibility index (Phi) is 3.15. The Labute approximate surface area is 84.5 Å². The molecular formula is C8H10O7. The average Bonchev–Trinajstić information content (AvgIpc) is 2.42. The third-order valence-corrected chi connectivity index (χ3v) is 1.75. The second-order valence-electron chi connectivity index (χ2n) is 2.93. The summed E-state index contributed by atoms with van der Waals surface area (Å²) in [5.74, 6) is -3.45. The highest BCUT2D eigenvalue weighted by atomic mass is 16.6. The van der Waals surface area contributed by atoms with Gasteiger partial charge in [-0.05, 0) is 0 Å². The fourth-order valence-electron chi connectivity index (χ4n) is 1.02. The number of carbonyl (C=O) groups is 2. The minimum absolute atomic E-state index is 0.440. The van der Waals surface area contributed by atoms with E-state index in [0.717, 1.165) is 6.92 Å². The van der Waals surface area contributed by atoms with E-state index in [1.54, 1.807) is 0 Å². The van der Waals surface area contributed by atoms with Crippen LogP contribution in [0.4, 0.5) is 0 Å². The van der Waals surface area contributed by atoms with Crippen LogP contribution >= 0.6 is 0 Å². The number of rotatable bonds is 3. The highest BCUT2D eigenvalue weighted by molar-refractivity contribution is 5.89. The first-order valence-electron chi connectivity index (χ1n) is 4.08. The smallest absolute Gasteiger partial charge is 0.377 e. The van der Waals surface area contributed by atoms with Crippen LogP contribution in [0.2, 0.25) is 0 Å². The number of hydrogen-bond donors (Lipinski definition) is 3. The molecule has 0 bridgehead atoms. The van der Waals surface area contributed by atoms with E-state index in [-0.39, 0.29) is 0 Å². The van der Waals surface area contributed by atoms with E-state index in [4.69, 9.17) is 10.2 Å². The van der Waals surface area contributed by atoms with Crippen molar-refractivity contribution in [3.63, 3.8) is 0 Å². The van der Waals surface area contributed by atoms with Crippen molar-refractivity contribution in [2.45, 2.75) is 19.1 Å². The molecule has 1 aliphatic rings. The summed E-state index contributed by atoms with van der Waals surface area (Å²) in [4.78, 5) is 21.1. The summed E-state index contributed by atoms with van der Waals surface area (Å²) in [5.41, 5.74) is 0. The van der Waals surface area contributed by atoms with Crippen molar-refractivity contribution >= 4 is 11.9 Å². The molecule has 0 aromatic carbocycles. The van der Waals surface area contributed by atoms with Crippen molar-refractivity contribution in [2.75, 3.05) is 6.61 Å². The van der Waals surface area contributed by atoms with Crippen LogP contribution in [0, 0.1) is 0 Å². The van der Waals surface area contributed by atoms with Crippen molar-refractivity contribution in [3.8, 4) is 0 Å². The summed E-state index contributed by atoms with van der Waals surface area (Å²) in [7, 11) is 0. The van der Waals surface area contributed by atoms with E-state index in [2.05, 4.69) is 9.47 Å². The van der Waals surface area contributed by atoms with Crippen molar-refractivity contribution in [3.05, 3.63) is 11.5 Å². The number of aliphatic hydroxyl groups excluding tert-OH is 3. The van der Waals surface area contributed by atoms with Gasteiger partial charge in [0, 0.05) is 6.92 Å². The van der Waals surface area contributed by atoms with Gasteiger partial charge in [-0.3, -0.25) is 4.79 Å². The first-order chi connectivity index (χ1) is 6.93. The van der Waals surface area contributed by atoms with Crippen LogP contribution in [0.5, 0.6) is 0 Å². The number of cyclic esters (lactones) is 1. The molecule has 0 aromatic heterocycles. The molecule has 0 saturated carbocycles. The van der Waals surface area contributed by atoms with E-state index in [9.17, 15) is 14.7 Å². The van der Waals surface area contributed by atoms with Crippen LogP contribution in [0.1, 0.15) is 6.92 Å². The Bertz CT molecular complexity index is 319. The molecule has 1 heterocycles. The summed E-state index contributed by atoms with van der Waals surface area (Å²) in [5, 5.41) is 27.4. The van der Waals surface area contributed by atoms with Gasteiger partial charge in [-0.1, -0.05) is 0 Å². The van der Waals surface area contributed by atoms with Gasteiger partial charge in [0.05, 0.1) is 0 Å². The zero-order chi connectivity index (χ0) is 11.6. The van der Waals surface area contributed by atoms with E-state index in [1.165, 1.54) is 0 Å². The molecule has 2 atom stereocenters. The normalized spacial score (nSPS) is 22.5. The SMILES string of the molecule is CC(=O)OCC(O)[C@@H]1OC(=O)C(O)=C1O. The van der Waals surface area contributed by atoms with E-state index < -0.39 is 42.3 Å². The molecule has 1 unspecified atom stereocenters. The molecule has 0 aromatic rings. The lowest BCUT2D eigenvalue weighted by Crippen LogP contribution is -2.33. The Morgan fingerprint density at radius 2 is 2.20 bits per heavy atom. The summed E-state index contributed by atoms with van der Waals surface area (Å²) in [6.45, 7) is 0.700. The first kappa shape index (κ1) is 11.3. The Balaban J connectivity index is 2.59. The lowest BCUT2D eigenvalue weighted by Gasteiger charge is -2.16. The topological polar surface area (TPSA) is 113 Å². The van der Waals surface area contributed by atoms with E-state index in [1.807, 2.05) is 0 Å². The highest BCUT2D eigenvalue weighted by Crippen LogP contribution is 2.21. The minimum atomic E-state index is -1.41. The molecule has 1 aliphatic heterocycles. The third kappa shape index (κ3) is 2.38. The van der Waals surface area contributed by atoms with Gasteiger partial charge in [-0.15, -0.1) is 0 Å². The van der Waals surface area contributed by atoms with Crippen LogP contribution in [0.25, 0.3) is 0 Å². The third-order valence-electron chi connectivity index (χ3n) is 1.75. The van der Waals surface area contributed by atoms with Crippen LogP contribution in [0.15, 0.2) is 11.5 Å². The molecule has 84 valence electrons. The lowest BCUT2D eigenvalue weighted by atomic mass is 10.2. The first-order valence-corrected chi connectivity index (χ1v) is 4.08. The molecule has 1 rings (SSSR count). The molecule has 3 N–H and O–H groups in total. The number of carbonyl (C=O) groups excluding carboxylic acids is 2. The van der Waals surface area contributed by atoms with Gasteiger partial charge in [0.1, 0.15) is 12.7 Å². The monoisotopic (exact) mass is 218 g/mol. The number of aliphatic hydroxyl groups is 3. The maximum atomic E-state index is 10.7. The zero-order valence-corrected chi connectivity index (χ0v) is 7.84. The summed E-state index contributed by atoms with van der Waals surface area (Å²) < 4.78 is 8.86. The molecule has 7 heteroatoms. The van der Waals surface area contributed by atoms with Crippen molar-refractivity contribution in [1.29, 1.82) is 0 Å². The standard InChI is InChI=1S/C8H10O7/c1-3(9)14-2-4(10)7-5(11)6(12)8(13)15-7/h4,7,10-12H,2H2,1H3/t4?,7-/m0/s1. The van der Waals surface area contributed by atoms with Crippen LogP contribution < -0.4 is 0 Å². The molecular weight excluding hydrogens is 208 g/mol. The molecule has 0 fully saturated rings. The second kappa shape index (κ2) is 4.18. The maximum absolute atomic E-state index is 10.7. The lowest BCUT2D eigenvalue weighted by molar-refractivity contribution is -0.153. The fraction of sp³-hybridized carbons (Fsp3) is 0.500. The van der Waals surface area contributed by atoms with E-state index >= 15 is 0 Å². The second-order valence-corrected chi connectivity index (χ2v) is 2.93. The van der Waals surface area contributed by atoms with Gasteiger partial charge in [0.2, 0.25) is 5.76 Å². The average molecular weight is 218 g/mol. The Hall–Kier alpha value is -1.76. The minimum Gasteiger partial charge on any atom is -0.505 e. The van der Waals surface area contributed by atoms with Gasteiger partial charge >= 0.3 is 11.9 Å². The molecule has 0 spiro atoms. The van der Waals surface area contributed by atoms with Gasteiger partial charge in [-0.25, -0.2) is 4.79 Å². The molecule has 0 radical (unpaired) electrons. The molecule has 15 heavy (non-hydrogen) atoms. The predicted molar refractivity (Wildman–Crippen MR) is 44.8 cm³/mol. The molecule has 0 amide bonds. The summed E-state index contributed by atoms with van der Waals surface area (Å²) >= 11 is 0. The summed E-state index contributed by atoms with van der Waals surface area (Å²) in [6, 6.07) is 0. The van der Waals surface area contributed by atoms with Crippen LogP contribution in [0.3, 0.4) is 0 Å². The van der Waals surface area contributed by atoms with Gasteiger partial charge in [-0.2, -0.15) is 0 Å². The van der Waals surface area contributed by atoms with Crippen molar-refractivity contribution in [2.24, 2.45) is 0 Å². The highest BCUT2D eigenvalue weighted by Gasteiger charge is 2.39. The molecule has 0 saturated heterocycles. The number of hydrogen-bond acceptors (Lipinski definition) is 7. The Morgan fingerprint density at radius 3 is 2.60 bits per heavy atom.